The van der Waals surface area contributed by atoms with Gasteiger partial charge in [0.15, 0.2) is 0 Å². The summed E-state index contributed by atoms with van der Waals surface area (Å²) in [6.45, 7) is 4.12. The Bertz CT molecular complexity index is 689. The normalized spacial score (nSPS) is 22.0. The maximum Gasteiger partial charge on any atom is 0.142 e. The molecule has 3 heterocycles. The van der Waals surface area contributed by atoms with Crippen LogP contribution in [0.3, 0.4) is 0 Å². The van der Waals surface area contributed by atoms with Gasteiger partial charge in [-0.05, 0) is 19.1 Å². The van der Waals surface area contributed by atoms with Gasteiger partial charge in [-0.3, -0.25) is 4.68 Å². The van der Waals surface area contributed by atoms with E-state index in [4.69, 9.17) is 10.00 Å². The molecular weight excluding hydrogens is 266 g/mol. The van der Waals surface area contributed by atoms with Crippen LogP contribution in [0.5, 0.6) is 0 Å². The molecule has 6 heteroatoms. The molecule has 0 radical (unpaired) electrons. The van der Waals surface area contributed by atoms with Crippen molar-refractivity contribution in [3.8, 4) is 6.07 Å². The van der Waals surface area contributed by atoms with Gasteiger partial charge >= 0.3 is 0 Å². The predicted molar refractivity (Wildman–Crippen MR) is 77.7 cm³/mol. The lowest BCUT2D eigenvalue weighted by Gasteiger charge is -2.40. The van der Waals surface area contributed by atoms with Crippen LogP contribution in [0.15, 0.2) is 30.6 Å². The summed E-state index contributed by atoms with van der Waals surface area (Å²) in [5.41, 5.74) is 1.06. The summed E-state index contributed by atoms with van der Waals surface area (Å²) < 4.78 is 7.76. The second-order valence-corrected chi connectivity index (χ2v) is 5.40. The van der Waals surface area contributed by atoms with Crippen LogP contribution < -0.4 is 4.90 Å². The van der Waals surface area contributed by atoms with Gasteiger partial charge in [-0.25, -0.2) is 4.98 Å². The van der Waals surface area contributed by atoms with E-state index in [1.807, 2.05) is 31.6 Å². The Morgan fingerprint density at radius 2 is 2.29 bits per heavy atom. The van der Waals surface area contributed by atoms with Gasteiger partial charge in [0.25, 0.3) is 0 Å². The fourth-order valence-electron chi connectivity index (χ4n) is 2.60. The van der Waals surface area contributed by atoms with E-state index in [1.54, 1.807) is 10.7 Å². The first-order valence-electron chi connectivity index (χ1n) is 6.86. The number of nitrogens with zero attached hydrogens (tertiary/aromatic N) is 5. The van der Waals surface area contributed by atoms with E-state index in [1.165, 1.54) is 0 Å². The summed E-state index contributed by atoms with van der Waals surface area (Å²) in [6, 6.07) is 7.58. The summed E-state index contributed by atoms with van der Waals surface area (Å²) in [7, 11) is 1.89. The molecule has 2 aromatic rings. The monoisotopic (exact) mass is 283 g/mol. The van der Waals surface area contributed by atoms with Gasteiger partial charge in [0.2, 0.25) is 0 Å². The molecule has 0 bridgehead atoms. The molecule has 6 nitrogen and oxygen atoms in total. The van der Waals surface area contributed by atoms with Crippen molar-refractivity contribution in [3.63, 3.8) is 0 Å². The lowest BCUT2D eigenvalue weighted by Crippen LogP contribution is -2.48. The highest BCUT2D eigenvalue weighted by Crippen LogP contribution is 2.30. The second-order valence-electron chi connectivity index (χ2n) is 5.40. The Morgan fingerprint density at radius 3 is 3.00 bits per heavy atom. The standard InChI is InChI=1S/C15H17N5O/c1-15(12-9-17-19(2)10-12)11-20(6-7-21-15)14-5-3-4-13(8-16)18-14/h3-5,9-10H,6-7,11H2,1-2H3. The van der Waals surface area contributed by atoms with Gasteiger partial charge in [0.1, 0.15) is 23.2 Å². The fourth-order valence-corrected chi connectivity index (χ4v) is 2.60. The molecule has 0 saturated carbocycles. The number of aryl methyl sites for hydroxylation is 1. The van der Waals surface area contributed by atoms with Gasteiger partial charge in [0, 0.05) is 25.4 Å². The number of rotatable bonds is 2. The molecular formula is C15H17N5O. The second kappa shape index (κ2) is 5.19. The lowest BCUT2D eigenvalue weighted by atomic mass is 9.97. The van der Waals surface area contributed by atoms with Crippen molar-refractivity contribution >= 4 is 5.82 Å². The largest absolute Gasteiger partial charge is 0.367 e. The Morgan fingerprint density at radius 1 is 1.43 bits per heavy atom. The Balaban J connectivity index is 1.87. The number of morpholine rings is 1. The number of hydrogen-bond acceptors (Lipinski definition) is 5. The molecule has 21 heavy (non-hydrogen) atoms. The van der Waals surface area contributed by atoms with Crippen molar-refractivity contribution in [1.29, 1.82) is 5.26 Å². The molecule has 1 aliphatic heterocycles. The molecule has 0 amide bonds. The third kappa shape index (κ3) is 2.60. The number of pyridine rings is 1. The van der Waals surface area contributed by atoms with E-state index in [0.717, 1.165) is 17.9 Å². The molecule has 3 rings (SSSR count). The molecule has 2 aromatic heterocycles. The lowest BCUT2D eigenvalue weighted by molar-refractivity contribution is -0.0468. The number of aromatic nitrogens is 3. The Hall–Kier alpha value is -2.39. The quantitative estimate of drug-likeness (QED) is 0.834. The van der Waals surface area contributed by atoms with Crippen molar-refractivity contribution in [3.05, 3.63) is 41.9 Å². The first-order valence-corrected chi connectivity index (χ1v) is 6.86. The number of hydrogen-bond donors (Lipinski definition) is 0. The average molecular weight is 283 g/mol. The summed E-state index contributed by atoms with van der Waals surface area (Å²) in [5, 5.41) is 13.2. The molecule has 0 spiro atoms. The molecule has 1 atom stereocenters. The third-order valence-corrected chi connectivity index (χ3v) is 3.76. The Kier molecular flexibility index (Phi) is 3.35. The summed E-state index contributed by atoms with van der Waals surface area (Å²) in [5.74, 6) is 0.812. The molecule has 1 aliphatic rings. The number of ether oxygens (including phenoxy) is 1. The summed E-state index contributed by atoms with van der Waals surface area (Å²) in [4.78, 5) is 6.52. The topological polar surface area (TPSA) is 67.0 Å². The van der Waals surface area contributed by atoms with Crippen LogP contribution in [0.2, 0.25) is 0 Å². The maximum atomic E-state index is 8.98. The Labute approximate surface area is 123 Å². The molecule has 0 aromatic carbocycles. The number of nitriles is 1. The van der Waals surface area contributed by atoms with Crippen molar-refractivity contribution < 1.29 is 4.74 Å². The fraction of sp³-hybridized carbons (Fsp3) is 0.400. The summed E-state index contributed by atoms with van der Waals surface area (Å²) in [6.07, 6.45) is 3.81. The molecule has 1 saturated heterocycles. The highest BCUT2D eigenvalue weighted by Gasteiger charge is 2.35. The van der Waals surface area contributed by atoms with E-state index in [0.29, 0.717) is 18.8 Å². The van der Waals surface area contributed by atoms with Crippen LogP contribution in [-0.4, -0.2) is 34.5 Å². The van der Waals surface area contributed by atoms with Crippen LogP contribution in [0.25, 0.3) is 0 Å². The molecule has 108 valence electrons. The van der Waals surface area contributed by atoms with Crippen molar-refractivity contribution in [2.24, 2.45) is 7.05 Å². The van der Waals surface area contributed by atoms with E-state index in [2.05, 4.69) is 28.0 Å². The number of anilines is 1. The van der Waals surface area contributed by atoms with E-state index >= 15 is 0 Å². The zero-order chi connectivity index (χ0) is 14.9. The SMILES string of the molecule is Cn1cc(C2(C)CN(c3cccc(C#N)n3)CCO2)cn1. The predicted octanol–water partition coefficient (Wildman–Crippen LogP) is 1.44. The van der Waals surface area contributed by atoms with Crippen molar-refractivity contribution in [1.82, 2.24) is 14.8 Å². The highest BCUT2D eigenvalue weighted by atomic mass is 16.5. The van der Waals surface area contributed by atoms with E-state index in [-0.39, 0.29) is 0 Å². The minimum absolute atomic E-state index is 0.420. The van der Waals surface area contributed by atoms with Crippen LogP contribution in [0, 0.1) is 11.3 Å². The van der Waals surface area contributed by atoms with Crippen LogP contribution >= 0.6 is 0 Å². The van der Waals surface area contributed by atoms with E-state index in [9.17, 15) is 0 Å². The van der Waals surface area contributed by atoms with E-state index < -0.39 is 5.60 Å². The van der Waals surface area contributed by atoms with Gasteiger partial charge in [-0.2, -0.15) is 10.4 Å². The van der Waals surface area contributed by atoms with Crippen molar-refractivity contribution in [2.45, 2.75) is 12.5 Å². The van der Waals surface area contributed by atoms with Gasteiger partial charge in [-0.1, -0.05) is 6.07 Å². The smallest absolute Gasteiger partial charge is 0.142 e. The molecule has 1 fully saturated rings. The first-order chi connectivity index (χ1) is 10.1. The van der Waals surface area contributed by atoms with Gasteiger partial charge < -0.3 is 9.64 Å². The average Bonchev–Trinajstić information content (AvgIpc) is 2.95. The van der Waals surface area contributed by atoms with Gasteiger partial charge in [0.05, 0.1) is 19.3 Å². The minimum Gasteiger partial charge on any atom is -0.367 e. The van der Waals surface area contributed by atoms with Gasteiger partial charge in [-0.15, -0.1) is 0 Å². The minimum atomic E-state index is -0.420. The first kappa shape index (κ1) is 13.6. The zero-order valence-corrected chi connectivity index (χ0v) is 12.2. The van der Waals surface area contributed by atoms with Crippen LogP contribution in [0.1, 0.15) is 18.2 Å². The van der Waals surface area contributed by atoms with Crippen molar-refractivity contribution in [2.75, 3.05) is 24.6 Å². The third-order valence-electron chi connectivity index (χ3n) is 3.76. The molecule has 0 N–H and O–H groups in total. The highest BCUT2D eigenvalue weighted by molar-refractivity contribution is 5.43. The van der Waals surface area contributed by atoms with Crippen LogP contribution in [-0.2, 0) is 17.4 Å². The zero-order valence-electron chi connectivity index (χ0n) is 12.2. The summed E-state index contributed by atoms with van der Waals surface area (Å²) >= 11 is 0. The molecule has 1 unspecified atom stereocenters. The maximum absolute atomic E-state index is 8.98. The van der Waals surface area contributed by atoms with Crippen LogP contribution in [0.4, 0.5) is 5.82 Å². The molecule has 0 aliphatic carbocycles.